The number of aromatic hydroxyl groups is 1. The quantitative estimate of drug-likeness (QED) is 0.641. The maximum Gasteiger partial charge on any atom is 0.166 e. The molecule has 0 aromatic heterocycles. The van der Waals surface area contributed by atoms with Crippen LogP contribution in [-0.4, -0.2) is 44.6 Å². The van der Waals surface area contributed by atoms with E-state index in [9.17, 15) is 10.2 Å². The van der Waals surface area contributed by atoms with Crippen LogP contribution in [0.5, 0.6) is 23.0 Å². The number of phenolic OH excluding ortho intramolecular Hbond substituents is 1. The fourth-order valence-corrected chi connectivity index (χ4v) is 3.97. The second kappa shape index (κ2) is 9.41. The van der Waals surface area contributed by atoms with E-state index in [2.05, 4.69) is 13.0 Å². The number of phenols is 1. The third-order valence-corrected chi connectivity index (χ3v) is 5.52. The molecule has 3 rings (SSSR count). The van der Waals surface area contributed by atoms with Crippen molar-refractivity contribution in [2.45, 2.75) is 32.4 Å². The fraction of sp³-hybridized carbons (Fsp3) is 0.417. The molecule has 30 heavy (non-hydrogen) atoms. The van der Waals surface area contributed by atoms with E-state index in [1.807, 2.05) is 49.2 Å². The van der Waals surface area contributed by atoms with E-state index in [0.29, 0.717) is 24.6 Å². The van der Waals surface area contributed by atoms with Gasteiger partial charge < -0.3 is 24.4 Å². The van der Waals surface area contributed by atoms with Gasteiger partial charge in [-0.2, -0.15) is 4.90 Å². The topological polar surface area (TPSA) is 74.1 Å². The number of nitrogens with zero attached hydrogens (tertiary/aromatic N) is 1. The van der Waals surface area contributed by atoms with Gasteiger partial charge in [0.15, 0.2) is 29.5 Å². The molecule has 6 nitrogen and oxygen atoms in total. The Morgan fingerprint density at radius 2 is 1.87 bits per heavy atom. The van der Waals surface area contributed by atoms with Gasteiger partial charge in [-0.25, -0.2) is 0 Å². The van der Waals surface area contributed by atoms with Crippen LogP contribution in [0.2, 0.25) is 0 Å². The third-order valence-electron chi connectivity index (χ3n) is 5.52. The summed E-state index contributed by atoms with van der Waals surface area (Å²) in [6.45, 7) is 5.17. The first-order chi connectivity index (χ1) is 14.4. The molecule has 1 aliphatic rings. The molecule has 0 fully saturated rings. The summed E-state index contributed by atoms with van der Waals surface area (Å²) >= 11 is 0. The first-order valence-corrected chi connectivity index (χ1v) is 10.1. The first kappa shape index (κ1) is 22.0. The van der Waals surface area contributed by atoms with Crippen LogP contribution in [0.3, 0.4) is 0 Å². The Balaban J connectivity index is 2.01. The van der Waals surface area contributed by atoms with Crippen molar-refractivity contribution >= 4 is 6.08 Å². The summed E-state index contributed by atoms with van der Waals surface area (Å²) in [5.74, 6) is 2.09. The number of allylic oxidation sites excluding steroid dienone is 1. The largest absolute Gasteiger partial charge is 0.504 e. The Labute approximate surface area is 178 Å². The third kappa shape index (κ3) is 4.25. The molecule has 1 radical (unpaired) electrons. The molecule has 0 aliphatic carbocycles. The highest BCUT2D eigenvalue weighted by molar-refractivity contribution is 5.62. The highest BCUT2D eigenvalue weighted by Crippen LogP contribution is 2.51. The van der Waals surface area contributed by atoms with Crippen LogP contribution in [0.4, 0.5) is 0 Å². The normalized spacial score (nSPS) is 18.0. The number of hydrogen-bond donors (Lipinski definition) is 2. The highest BCUT2D eigenvalue weighted by Gasteiger charge is 2.36. The lowest BCUT2D eigenvalue weighted by molar-refractivity contribution is 0.207. The zero-order valence-electron chi connectivity index (χ0n) is 18.3. The lowest BCUT2D eigenvalue weighted by Crippen LogP contribution is -2.27. The molecular formula is C24H31NO5+. The standard InChI is InChI=1S/C24H31NO5/c1-6-7-16-10-19-15(2)23(30-24(19)21(11-16)29-5)17-12-18(14-25(3)8-9-26)22(27)20(13-17)28-4/h6-7,10-13,15,23,26-27H,8-9,14H2,1-5H3/q+1/b7-6+/t15-,23-/m0/s1. The van der Waals surface area contributed by atoms with Crippen LogP contribution in [0.1, 0.15) is 48.1 Å². The van der Waals surface area contributed by atoms with Crippen molar-refractivity contribution < 1.29 is 24.4 Å². The van der Waals surface area contributed by atoms with Gasteiger partial charge in [0, 0.05) is 11.5 Å². The Hall–Kier alpha value is -2.70. The number of ether oxygens (including phenoxy) is 3. The van der Waals surface area contributed by atoms with Gasteiger partial charge in [0.25, 0.3) is 0 Å². The van der Waals surface area contributed by atoms with Crippen molar-refractivity contribution in [3.8, 4) is 23.0 Å². The fourth-order valence-electron chi connectivity index (χ4n) is 3.97. The number of rotatable bonds is 8. The van der Waals surface area contributed by atoms with E-state index in [4.69, 9.17) is 14.2 Å². The number of benzene rings is 2. The van der Waals surface area contributed by atoms with Gasteiger partial charge in [0.05, 0.1) is 26.4 Å². The van der Waals surface area contributed by atoms with Gasteiger partial charge in [-0.3, -0.25) is 0 Å². The van der Waals surface area contributed by atoms with Gasteiger partial charge in [-0.05, 0) is 42.3 Å². The second-order valence-electron chi connectivity index (χ2n) is 7.66. The van der Waals surface area contributed by atoms with E-state index in [1.165, 1.54) is 0 Å². The second-order valence-corrected chi connectivity index (χ2v) is 7.66. The summed E-state index contributed by atoms with van der Waals surface area (Å²) in [7, 11) is 5.09. The zero-order valence-corrected chi connectivity index (χ0v) is 18.3. The van der Waals surface area contributed by atoms with Gasteiger partial charge in [0.2, 0.25) is 0 Å². The monoisotopic (exact) mass is 413 g/mol. The molecular weight excluding hydrogens is 382 g/mol. The molecule has 0 amide bonds. The molecule has 0 spiro atoms. The van der Waals surface area contributed by atoms with E-state index < -0.39 is 0 Å². The lowest BCUT2D eigenvalue weighted by Gasteiger charge is -2.19. The molecule has 6 heteroatoms. The average Bonchev–Trinajstić information content (AvgIpc) is 3.06. The molecule has 1 heterocycles. The van der Waals surface area contributed by atoms with Gasteiger partial charge in [-0.15, -0.1) is 0 Å². The molecule has 2 N–H and O–H groups in total. The Morgan fingerprint density at radius 3 is 2.50 bits per heavy atom. The average molecular weight is 414 g/mol. The van der Waals surface area contributed by atoms with Crippen molar-refractivity contribution in [3.63, 3.8) is 0 Å². The predicted octanol–water partition coefficient (Wildman–Crippen LogP) is 3.94. The minimum absolute atomic E-state index is 0.0561. The van der Waals surface area contributed by atoms with Crippen molar-refractivity contribution in [1.29, 1.82) is 0 Å². The summed E-state index contributed by atoms with van der Waals surface area (Å²) in [5.41, 5.74) is 3.82. The van der Waals surface area contributed by atoms with Gasteiger partial charge in [-0.1, -0.05) is 19.1 Å². The number of aliphatic hydroxyl groups is 1. The summed E-state index contributed by atoms with van der Waals surface area (Å²) in [5, 5.41) is 19.8. The van der Waals surface area contributed by atoms with Crippen molar-refractivity contribution in [3.05, 3.63) is 52.6 Å². The predicted molar refractivity (Wildman–Crippen MR) is 118 cm³/mol. The first-order valence-electron chi connectivity index (χ1n) is 10.1. The number of hydrogen-bond acceptors (Lipinski definition) is 6. The van der Waals surface area contributed by atoms with Crippen LogP contribution >= 0.6 is 0 Å². The highest BCUT2D eigenvalue weighted by atomic mass is 16.5. The zero-order chi connectivity index (χ0) is 21.8. The molecule has 2 aromatic rings. The Bertz CT molecular complexity index is 924. The van der Waals surface area contributed by atoms with E-state index in [1.54, 1.807) is 14.2 Å². The van der Waals surface area contributed by atoms with Crippen molar-refractivity contribution in [2.75, 3.05) is 34.4 Å². The molecule has 1 aliphatic heterocycles. The summed E-state index contributed by atoms with van der Waals surface area (Å²) in [6.07, 6.45) is 3.81. The number of fused-ring (bicyclic) bond motifs is 1. The van der Waals surface area contributed by atoms with E-state index >= 15 is 0 Å². The molecule has 0 bridgehead atoms. The minimum Gasteiger partial charge on any atom is -0.504 e. The molecule has 2 aromatic carbocycles. The van der Waals surface area contributed by atoms with Crippen molar-refractivity contribution in [2.24, 2.45) is 0 Å². The maximum absolute atomic E-state index is 10.6. The van der Waals surface area contributed by atoms with Crippen molar-refractivity contribution in [1.82, 2.24) is 4.90 Å². The SMILES string of the molecule is C/C=C/c1cc(OC)c2c(c1)[C@H](C)[C@@H](c1cc(C[N+](C)CCO)c(O)c(OC)c1)O2. The molecule has 161 valence electrons. The summed E-state index contributed by atoms with van der Waals surface area (Å²) < 4.78 is 17.4. The Kier molecular flexibility index (Phi) is 6.90. The van der Waals surface area contributed by atoms with Crippen LogP contribution in [-0.2, 0) is 6.54 Å². The van der Waals surface area contributed by atoms with Gasteiger partial charge in [0.1, 0.15) is 19.7 Å². The summed E-state index contributed by atoms with van der Waals surface area (Å²) in [4.78, 5) is 1.94. The molecule has 2 atom stereocenters. The smallest absolute Gasteiger partial charge is 0.166 e. The van der Waals surface area contributed by atoms with Crippen LogP contribution in [0.15, 0.2) is 30.3 Å². The molecule has 0 saturated heterocycles. The number of likely N-dealkylation sites (N-methyl/N-ethyl adjacent to an activating group) is 1. The van der Waals surface area contributed by atoms with E-state index in [0.717, 1.165) is 28.0 Å². The van der Waals surface area contributed by atoms with Crippen LogP contribution in [0, 0.1) is 0 Å². The maximum atomic E-state index is 10.6. The van der Waals surface area contributed by atoms with Crippen LogP contribution < -0.4 is 19.1 Å². The molecule has 0 saturated carbocycles. The number of methoxy groups -OCH3 is 2. The lowest BCUT2D eigenvalue weighted by atomic mass is 9.90. The molecule has 0 unspecified atom stereocenters. The van der Waals surface area contributed by atoms with E-state index in [-0.39, 0.29) is 24.4 Å². The van der Waals surface area contributed by atoms with Gasteiger partial charge >= 0.3 is 0 Å². The summed E-state index contributed by atoms with van der Waals surface area (Å²) in [6, 6.07) is 7.89. The van der Waals surface area contributed by atoms with Crippen LogP contribution in [0.25, 0.3) is 6.08 Å². The number of aliphatic hydroxyl groups excluding tert-OH is 1. The minimum atomic E-state index is -0.230. The Morgan fingerprint density at radius 1 is 1.13 bits per heavy atom.